The summed E-state index contributed by atoms with van der Waals surface area (Å²) < 4.78 is 73.8. The molecule has 0 aliphatic rings. The van der Waals surface area contributed by atoms with Crippen LogP contribution in [0.15, 0.2) is 18.2 Å². The Morgan fingerprint density at radius 3 is 2.18 bits per heavy atom. The maximum atomic E-state index is 13.3. The first kappa shape index (κ1) is 13.8. The number of halogens is 6. The molecule has 17 heavy (non-hydrogen) atoms. The Morgan fingerprint density at radius 2 is 1.76 bits per heavy atom. The average molecular weight is 257 g/mol. The number of hydrogen-bond donors (Lipinski definition) is 1. The van der Waals surface area contributed by atoms with E-state index in [1.165, 1.54) is 0 Å². The van der Waals surface area contributed by atoms with E-state index in [2.05, 4.69) is 0 Å². The van der Waals surface area contributed by atoms with E-state index in [0.29, 0.717) is 6.07 Å². The predicted molar refractivity (Wildman–Crippen MR) is 49.0 cm³/mol. The molecule has 0 fully saturated rings. The molecule has 1 aromatic rings. The number of hydrogen-bond acceptors (Lipinski definition) is 1. The molecule has 0 amide bonds. The van der Waals surface area contributed by atoms with Crippen molar-refractivity contribution in [1.82, 2.24) is 0 Å². The molecule has 1 rings (SSSR count). The van der Waals surface area contributed by atoms with E-state index in [9.17, 15) is 26.3 Å². The highest BCUT2D eigenvalue weighted by Gasteiger charge is 2.31. The Hall–Kier alpha value is -1.24. The number of benzene rings is 1. The van der Waals surface area contributed by atoms with Gasteiger partial charge >= 0.3 is 6.18 Å². The van der Waals surface area contributed by atoms with Crippen LogP contribution in [0.1, 0.15) is 23.6 Å². The van der Waals surface area contributed by atoms with Gasteiger partial charge in [-0.3, -0.25) is 0 Å². The summed E-state index contributed by atoms with van der Waals surface area (Å²) >= 11 is 0. The molecular weight excluding hydrogens is 248 g/mol. The summed E-state index contributed by atoms with van der Waals surface area (Å²) in [7, 11) is 0. The fourth-order valence-corrected chi connectivity index (χ4v) is 1.32. The number of alkyl halides is 5. The molecule has 0 spiro atoms. The van der Waals surface area contributed by atoms with Crippen molar-refractivity contribution < 1.29 is 26.3 Å². The van der Waals surface area contributed by atoms with Gasteiger partial charge in [0.05, 0.1) is 5.56 Å². The van der Waals surface area contributed by atoms with Crippen molar-refractivity contribution in [3.63, 3.8) is 0 Å². The van der Waals surface area contributed by atoms with Crippen LogP contribution in [0, 0.1) is 5.82 Å². The fraction of sp³-hybridized carbons (Fsp3) is 0.400. The van der Waals surface area contributed by atoms with Crippen LogP contribution in [-0.2, 0) is 6.18 Å². The Labute approximate surface area is 93.2 Å². The maximum Gasteiger partial charge on any atom is 0.416 e. The van der Waals surface area contributed by atoms with Gasteiger partial charge in [0.15, 0.2) is 0 Å². The molecule has 0 unspecified atom stereocenters. The highest BCUT2D eigenvalue weighted by molar-refractivity contribution is 5.28. The van der Waals surface area contributed by atoms with Crippen molar-refractivity contribution in [3.8, 4) is 0 Å². The molecule has 0 aromatic heterocycles. The van der Waals surface area contributed by atoms with E-state index >= 15 is 0 Å². The summed E-state index contributed by atoms with van der Waals surface area (Å²) in [5, 5.41) is 0. The monoisotopic (exact) mass is 257 g/mol. The second-order valence-electron chi connectivity index (χ2n) is 3.47. The van der Waals surface area contributed by atoms with Gasteiger partial charge in [-0.05, 0) is 12.1 Å². The normalized spacial score (nSPS) is 14.1. The lowest BCUT2D eigenvalue weighted by atomic mass is 10.0. The van der Waals surface area contributed by atoms with Crippen molar-refractivity contribution >= 4 is 0 Å². The minimum Gasteiger partial charge on any atom is -0.324 e. The van der Waals surface area contributed by atoms with Crippen LogP contribution in [0.4, 0.5) is 26.3 Å². The lowest BCUT2D eigenvalue weighted by molar-refractivity contribution is -0.137. The third-order valence-electron chi connectivity index (χ3n) is 2.16. The fourth-order valence-electron chi connectivity index (χ4n) is 1.32. The van der Waals surface area contributed by atoms with Gasteiger partial charge in [-0.2, -0.15) is 13.2 Å². The highest BCUT2D eigenvalue weighted by Crippen LogP contribution is 2.31. The van der Waals surface area contributed by atoms with Gasteiger partial charge < -0.3 is 5.73 Å². The molecule has 0 heterocycles. The molecule has 0 aliphatic carbocycles. The standard InChI is InChI=1S/C10H9F6N/c11-7-3-5(10(14,15)16)1-2-6(7)8(17)4-9(12)13/h1-3,8-9H,4,17H2/t8-/m1/s1. The third-order valence-corrected chi connectivity index (χ3v) is 2.16. The maximum absolute atomic E-state index is 13.3. The van der Waals surface area contributed by atoms with Crippen molar-refractivity contribution in [2.24, 2.45) is 5.73 Å². The van der Waals surface area contributed by atoms with Gasteiger partial charge in [0, 0.05) is 18.0 Å². The van der Waals surface area contributed by atoms with E-state index in [4.69, 9.17) is 5.73 Å². The summed E-state index contributed by atoms with van der Waals surface area (Å²) in [6.45, 7) is 0. The van der Waals surface area contributed by atoms with Gasteiger partial charge in [0.25, 0.3) is 0 Å². The lowest BCUT2D eigenvalue weighted by Gasteiger charge is -2.14. The highest BCUT2D eigenvalue weighted by atomic mass is 19.4. The summed E-state index contributed by atoms with van der Waals surface area (Å²) in [5.41, 5.74) is 3.73. The first-order valence-electron chi connectivity index (χ1n) is 4.62. The topological polar surface area (TPSA) is 26.0 Å². The average Bonchev–Trinajstić information content (AvgIpc) is 2.14. The summed E-state index contributed by atoms with van der Waals surface area (Å²) in [4.78, 5) is 0. The number of rotatable bonds is 3. The zero-order valence-corrected chi connectivity index (χ0v) is 8.44. The summed E-state index contributed by atoms with van der Waals surface area (Å²) in [6, 6.07) is 0.326. The third kappa shape index (κ3) is 3.62. The lowest BCUT2D eigenvalue weighted by Crippen LogP contribution is -2.16. The van der Waals surface area contributed by atoms with Crippen molar-refractivity contribution in [2.75, 3.05) is 0 Å². The molecular formula is C10H9F6N. The first-order valence-corrected chi connectivity index (χ1v) is 4.62. The quantitative estimate of drug-likeness (QED) is 0.824. The second kappa shape index (κ2) is 4.95. The Balaban J connectivity index is 2.98. The van der Waals surface area contributed by atoms with E-state index in [1.54, 1.807) is 0 Å². The smallest absolute Gasteiger partial charge is 0.324 e. The van der Waals surface area contributed by atoms with E-state index in [-0.39, 0.29) is 11.6 Å². The molecule has 2 N–H and O–H groups in total. The minimum absolute atomic E-state index is 0.251. The molecule has 1 nitrogen and oxygen atoms in total. The molecule has 0 aliphatic heterocycles. The van der Waals surface area contributed by atoms with Crippen LogP contribution in [0.25, 0.3) is 0 Å². The Kier molecular flexibility index (Phi) is 4.03. The van der Waals surface area contributed by atoms with Crippen LogP contribution in [0.3, 0.4) is 0 Å². The molecule has 0 saturated carbocycles. The van der Waals surface area contributed by atoms with Crippen molar-refractivity contribution in [1.29, 1.82) is 0 Å². The van der Waals surface area contributed by atoms with E-state index in [1.807, 2.05) is 0 Å². The predicted octanol–water partition coefficient (Wildman–Crippen LogP) is 3.50. The van der Waals surface area contributed by atoms with E-state index < -0.39 is 36.4 Å². The molecule has 1 aromatic carbocycles. The van der Waals surface area contributed by atoms with Crippen LogP contribution >= 0.6 is 0 Å². The summed E-state index contributed by atoms with van der Waals surface area (Å²) in [5.74, 6) is -1.23. The molecule has 7 heteroatoms. The largest absolute Gasteiger partial charge is 0.416 e. The molecule has 96 valence electrons. The van der Waals surface area contributed by atoms with Crippen LogP contribution in [0.5, 0.6) is 0 Å². The molecule has 1 atom stereocenters. The van der Waals surface area contributed by atoms with Crippen LogP contribution < -0.4 is 5.73 Å². The van der Waals surface area contributed by atoms with Gasteiger partial charge in [0.2, 0.25) is 6.43 Å². The van der Waals surface area contributed by atoms with Gasteiger partial charge in [-0.1, -0.05) is 6.07 Å². The second-order valence-corrected chi connectivity index (χ2v) is 3.47. The summed E-state index contributed by atoms with van der Waals surface area (Å²) in [6.07, 6.45) is -8.22. The van der Waals surface area contributed by atoms with Crippen molar-refractivity contribution in [2.45, 2.75) is 25.1 Å². The number of nitrogens with two attached hydrogens (primary N) is 1. The molecule has 0 saturated heterocycles. The van der Waals surface area contributed by atoms with E-state index in [0.717, 1.165) is 6.07 Å². The van der Waals surface area contributed by atoms with Crippen LogP contribution in [0.2, 0.25) is 0 Å². The van der Waals surface area contributed by atoms with Gasteiger partial charge in [-0.15, -0.1) is 0 Å². The van der Waals surface area contributed by atoms with Crippen LogP contribution in [-0.4, -0.2) is 6.43 Å². The zero-order valence-electron chi connectivity index (χ0n) is 8.44. The first-order chi connectivity index (χ1) is 7.71. The van der Waals surface area contributed by atoms with Gasteiger partial charge in [-0.25, -0.2) is 13.2 Å². The Morgan fingerprint density at radius 1 is 1.18 bits per heavy atom. The Bertz CT molecular complexity index is 387. The molecule has 0 radical (unpaired) electrons. The minimum atomic E-state index is -4.67. The molecule has 0 bridgehead atoms. The SMILES string of the molecule is N[C@H](CC(F)F)c1ccc(C(F)(F)F)cc1F. The zero-order chi connectivity index (χ0) is 13.2. The van der Waals surface area contributed by atoms with Crippen molar-refractivity contribution in [3.05, 3.63) is 35.1 Å². The van der Waals surface area contributed by atoms with Gasteiger partial charge in [0.1, 0.15) is 5.82 Å².